The Hall–Kier alpha value is -0.930. The van der Waals surface area contributed by atoms with Crippen molar-refractivity contribution in [3.63, 3.8) is 0 Å². The highest BCUT2D eigenvalue weighted by molar-refractivity contribution is 5.09. The van der Waals surface area contributed by atoms with Gasteiger partial charge in [-0.2, -0.15) is 0 Å². The van der Waals surface area contributed by atoms with Crippen LogP contribution in [0.15, 0.2) is 24.5 Å². The summed E-state index contributed by atoms with van der Waals surface area (Å²) in [5.41, 5.74) is 1.22. The van der Waals surface area contributed by atoms with Crippen LogP contribution in [0.25, 0.3) is 0 Å². The number of hydrogen-bond donors (Lipinski definition) is 2. The monoisotopic (exact) mass is 206 g/mol. The first-order valence-corrected chi connectivity index (χ1v) is 5.66. The van der Waals surface area contributed by atoms with Crippen molar-refractivity contribution in [2.45, 2.75) is 44.4 Å². The molecule has 0 unspecified atom stereocenters. The quantitative estimate of drug-likeness (QED) is 0.787. The van der Waals surface area contributed by atoms with Crippen molar-refractivity contribution >= 4 is 0 Å². The van der Waals surface area contributed by atoms with Crippen LogP contribution in [-0.2, 0) is 6.54 Å². The highest BCUT2D eigenvalue weighted by atomic mass is 16.3. The highest BCUT2D eigenvalue weighted by Crippen LogP contribution is 2.18. The fraction of sp³-hybridized carbons (Fsp3) is 0.583. The van der Waals surface area contributed by atoms with Gasteiger partial charge in [0.05, 0.1) is 6.10 Å². The lowest BCUT2D eigenvalue weighted by atomic mass is 9.92. The van der Waals surface area contributed by atoms with Crippen molar-refractivity contribution in [2.24, 2.45) is 0 Å². The maximum absolute atomic E-state index is 9.77. The van der Waals surface area contributed by atoms with E-state index in [0.29, 0.717) is 0 Å². The number of hydrogen-bond acceptors (Lipinski definition) is 3. The Morgan fingerprint density at radius 3 is 2.73 bits per heavy atom. The molecule has 0 aliphatic heterocycles. The molecule has 0 amide bonds. The van der Waals surface area contributed by atoms with Crippen LogP contribution in [-0.4, -0.2) is 22.2 Å². The predicted molar refractivity (Wildman–Crippen MR) is 59.3 cm³/mol. The molecular formula is C12H18N2O. The Kier molecular flexibility index (Phi) is 3.69. The second-order valence-electron chi connectivity index (χ2n) is 4.19. The number of nitrogens with zero attached hydrogens (tertiary/aromatic N) is 1. The average Bonchev–Trinajstić information content (AvgIpc) is 2.29. The van der Waals surface area contributed by atoms with E-state index in [-0.39, 0.29) is 12.1 Å². The molecule has 1 saturated carbocycles. The smallest absolute Gasteiger partial charge is 0.0693 e. The van der Waals surface area contributed by atoms with E-state index in [0.717, 1.165) is 25.8 Å². The molecule has 1 aliphatic carbocycles. The molecule has 0 radical (unpaired) electrons. The second-order valence-corrected chi connectivity index (χ2v) is 4.19. The predicted octanol–water partition coefficient (Wildman–Crippen LogP) is 1.47. The first-order chi connectivity index (χ1) is 7.36. The Bertz CT molecular complexity index is 289. The van der Waals surface area contributed by atoms with Gasteiger partial charge in [-0.25, -0.2) is 0 Å². The van der Waals surface area contributed by atoms with Gasteiger partial charge in [0.2, 0.25) is 0 Å². The number of nitrogens with one attached hydrogen (secondary N) is 1. The maximum atomic E-state index is 9.77. The van der Waals surface area contributed by atoms with Crippen molar-refractivity contribution in [2.75, 3.05) is 0 Å². The fourth-order valence-electron chi connectivity index (χ4n) is 2.10. The van der Waals surface area contributed by atoms with Crippen LogP contribution in [0.2, 0.25) is 0 Å². The Labute approximate surface area is 90.5 Å². The van der Waals surface area contributed by atoms with Gasteiger partial charge in [0.15, 0.2) is 0 Å². The number of aliphatic hydroxyl groups is 1. The molecule has 3 nitrogen and oxygen atoms in total. The summed E-state index contributed by atoms with van der Waals surface area (Å²) in [5, 5.41) is 13.2. The summed E-state index contributed by atoms with van der Waals surface area (Å²) >= 11 is 0. The molecule has 0 spiro atoms. The number of pyridine rings is 1. The molecule has 1 aromatic rings. The van der Waals surface area contributed by atoms with Crippen LogP contribution in [0.5, 0.6) is 0 Å². The van der Waals surface area contributed by atoms with Gasteiger partial charge < -0.3 is 10.4 Å². The van der Waals surface area contributed by atoms with Crippen LogP contribution in [0.4, 0.5) is 0 Å². The van der Waals surface area contributed by atoms with Gasteiger partial charge in [-0.05, 0) is 30.5 Å². The van der Waals surface area contributed by atoms with E-state index in [2.05, 4.69) is 10.3 Å². The summed E-state index contributed by atoms with van der Waals surface area (Å²) in [6.07, 6.45) is 7.85. The third kappa shape index (κ3) is 3.01. The van der Waals surface area contributed by atoms with Gasteiger partial charge in [0.1, 0.15) is 0 Å². The van der Waals surface area contributed by atoms with Crippen molar-refractivity contribution < 1.29 is 5.11 Å². The zero-order valence-electron chi connectivity index (χ0n) is 8.89. The lowest BCUT2D eigenvalue weighted by molar-refractivity contribution is 0.0902. The number of rotatable bonds is 3. The average molecular weight is 206 g/mol. The van der Waals surface area contributed by atoms with E-state index in [1.165, 1.54) is 12.0 Å². The molecule has 1 fully saturated rings. The topological polar surface area (TPSA) is 45.1 Å². The van der Waals surface area contributed by atoms with E-state index in [9.17, 15) is 5.11 Å². The van der Waals surface area contributed by atoms with E-state index in [4.69, 9.17) is 0 Å². The van der Waals surface area contributed by atoms with Gasteiger partial charge in [0.25, 0.3) is 0 Å². The second kappa shape index (κ2) is 5.24. The maximum Gasteiger partial charge on any atom is 0.0693 e. The van der Waals surface area contributed by atoms with Gasteiger partial charge in [-0.15, -0.1) is 0 Å². The zero-order chi connectivity index (χ0) is 10.5. The lowest BCUT2D eigenvalue weighted by Gasteiger charge is -2.28. The van der Waals surface area contributed by atoms with Crippen LogP contribution in [0.3, 0.4) is 0 Å². The summed E-state index contributed by atoms with van der Waals surface area (Å²) < 4.78 is 0. The van der Waals surface area contributed by atoms with Crippen LogP contribution in [0.1, 0.15) is 31.2 Å². The molecule has 0 bridgehead atoms. The Morgan fingerprint density at radius 1 is 1.27 bits per heavy atom. The molecule has 2 N–H and O–H groups in total. The van der Waals surface area contributed by atoms with E-state index >= 15 is 0 Å². The molecule has 2 rings (SSSR count). The van der Waals surface area contributed by atoms with Crippen molar-refractivity contribution in [3.8, 4) is 0 Å². The lowest BCUT2D eigenvalue weighted by Crippen LogP contribution is -2.41. The molecule has 1 heterocycles. The number of aliphatic hydroxyl groups excluding tert-OH is 1. The molecule has 0 saturated heterocycles. The third-order valence-electron chi connectivity index (χ3n) is 3.05. The first-order valence-electron chi connectivity index (χ1n) is 5.66. The van der Waals surface area contributed by atoms with E-state index < -0.39 is 0 Å². The molecule has 2 atom stereocenters. The summed E-state index contributed by atoms with van der Waals surface area (Å²) in [6.45, 7) is 0.824. The molecule has 82 valence electrons. The molecule has 1 aromatic heterocycles. The molecular weight excluding hydrogens is 188 g/mol. The minimum absolute atomic E-state index is 0.166. The summed E-state index contributed by atoms with van der Waals surface area (Å²) in [5.74, 6) is 0. The first kappa shape index (κ1) is 10.6. The standard InChI is InChI=1S/C12H18N2O/c15-12-4-2-1-3-11(12)14-9-10-5-7-13-8-6-10/h5-8,11-12,14-15H,1-4,9H2/t11-,12-/m1/s1. The van der Waals surface area contributed by atoms with Crippen LogP contribution >= 0.6 is 0 Å². The molecule has 0 aromatic carbocycles. The van der Waals surface area contributed by atoms with Gasteiger partial charge >= 0.3 is 0 Å². The largest absolute Gasteiger partial charge is 0.392 e. The molecule has 3 heteroatoms. The van der Waals surface area contributed by atoms with Crippen molar-refractivity contribution in [1.82, 2.24) is 10.3 Å². The normalized spacial score (nSPS) is 26.5. The zero-order valence-corrected chi connectivity index (χ0v) is 8.89. The highest BCUT2D eigenvalue weighted by Gasteiger charge is 2.21. The summed E-state index contributed by atoms with van der Waals surface area (Å²) in [6, 6.07) is 4.27. The molecule has 15 heavy (non-hydrogen) atoms. The number of aromatic nitrogens is 1. The minimum Gasteiger partial charge on any atom is -0.392 e. The Balaban J connectivity index is 1.82. The van der Waals surface area contributed by atoms with Crippen molar-refractivity contribution in [3.05, 3.63) is 30.1 Å². The third-order valence-corrected chi connectivity index (χ3v) is 3.05. The van der Waals surface area contributed by atoms with Gasteiger partial charge in [-0.1, -0.05) is 12.8 Å². The van der Waals surface area contributed by atoms with Crippen LogP contribution < -0.4 is 5.32 Å². The molecule has 1 aliphatic rings. The summed E-state index contributed by atoms with van der Waals surface area (Å²) in [7, 11) is 0. The van der Waals surface area contributed by atoms with E-state index in [1.54, 1.807) is 12.4 Å². The van der Waals surface area contributed by atoms with Gasteiger partial charge in [-0.3, -0.25) is 4.98 Å². The SMILES string of the molecule is O[C@@H]1CCCC[C@H]1NCc1ccncc1. The fourth-order valence-corrected chi connectivity index (χ4v) is 2.10. The summed E-state index contributed by atoms with van der Waals surface area (Å²) in [4.78, 5) is 3.98. The van der Waals surface area contributed by atoms with Crippen LogP contribution in [0, 0.1) is 0 Å². The van der Waals surface area contributed by atoms with Crippen molar-refractivity contribution in [1.29, 1.82) is 0 Å². The van der Waals surface area contributed by atoms with Gasteiger partial charge in [0, 0.05) is 25.0 Å². The minimum atomic E-state index is -0.166. The van der Waals surface area contributed by atoms with E-state index in [1.807, 2.05) is 12.1 Å². The Morgan fingerprint density at radius 2 is 2.00 bits per heavy atom.